The lowest BCUT2D eigenvalue weighted by Gasteiger charge is -2.22. The van der Waals surface area contributed by atoms with Crippen LogP contribution in [0.4, 0.5) is 17.1 Å². The molecule has 192 valence electrons. The van der Waals surface area contributed by atoms with Crippen molar-refractivity contribution in [2.75, 3.05) is 27.1 Å². The van der Waals surface area contributed by atoms with E-state index in [0.29, 0.717) is 17.1 Å². The van der Waals surface area contributed by atoms with Gasteiger partial charge in [-0.2, -0.15) is 0 Å². The van der Waals surface area contributed by atoms with E-state index in [9.17, 15) is 21.6 Å². The van der Waals surface area contributed by atoms with Gasteiger partial charge in [0, 0.05) is 11.1 Å². The molecule has 0 atom stereocenters. The molecule has 2 N–H and O–H groups in total. The summed E-state index contributed by atoms with van der Waals surface area (Å²) in [5.41, 5.74) is 3.10. The fraction of sp³-hybridized carbons (Fsp3) is 0.148. The van der Waals surface area contributed by atoms with Crippen molar-refractivity contribution >= 4 is 53.8 Å². The van der Waals surface area contributed by atoms with Crippen molar-refractivity contribution in [1.29, 1.82) is 0 Å². The lowest BCUT2D eigenvalue weighted by molar-refractivity contribution is -0.114. The van der Waals surface area contributed by atoms with Gasteiger partial charge in [-0.05, 0) is 72.8 Å². The average molecular weight is 538 g/mol. The van der Waals surface area contributed by atoms with E-state index in [0.717, 1.165) is 32.5 Å². The highest BCUT2D eigenvalue weighted by Gasteiger charge is 2.22. The highest BCUT2D eigenvalue weighted by atomic mass is 32.2. The summed E-state index contributed by atoms with van der Waals surface area (Å²) in [5.74, 6) is -0.562. The molecule has 4 aromatic carbocycles. The van der Waals surface area contributed by atoms with Crippen LogP contribution in [0.15, 0.2) is 89.8 Å². The monoisotopic (exact) mass is 537 g/mol. The van der Waals surface area contributed by atoms with Gasteiger partial charge in [0.1, 0.15) is 6.54 Å². The zero-order valence-corrected chi connectivity index (χ0v) is 22.2. The first-order valence-electron chi connectivity index (χ1n) is 11.4. The van der Waals surface area contributed by atoms with E-state index >= 15 is 0 Å². The molecule has 0 bridgehead atoms. The third-order valence-corrected chi connectivity index (χ3v) is 8.47. The highest BCUT2D eigenvalue weighted by Crippen LogP contribution is 2.26. The predicted molar refractivity (Wildman–Crippen MR) is 148 cm³/mol. The summed E-state index contributed by atoms with van der Waals surface area (Å²) in [6.45, 7) is 3.35. The van der Waals surface area contributed by atoms with E-state index in [4.69, 9.17) is 0 Å². The molecule has 0 aliphatic carbocycles. The molecule has 0 aromatic heterocycles. The summed E-state index contributed by atoms with van der Waals surface area (Å²) in [6.07, 6.45) is 1.04. The van der Waals surface area contributed by atoms with Gasteiger partial charge >= 0.3 is 0 Å². The molecule has 0 unspecified atom stereocenters. The van der Waals surface area contributed by atoms with Gasteiger partial charge in [0.25, 0.3) is 10.0 Å². The first-order chi connectivity index (χ1) is 17.4. The molecule has 4 aromatic rings. The number of aryl methyl sites for hydroxylation is 2. The number of benzene rings is 4. The second-order valence-electron chi connectivity index (χ2n) is 8.74. The topological polar surface area (TPSA) is 113 Å². The lowest BCUT2D eigenvalue weighted by Crippen LogP contribution is -2.37. The van der Waals surface area contributed by atoms with Crippen molar-refractivity contribution in [3.63, 3.8) is 0 Å². The van der Waals surface area contributed by atoms with Crippen LogP contribution in [0, 0.1) is 13.8 Å². The lowest BCUT2D eigenvalue weighted by atomic mass is 10.1. The van der Waals surface area contributed by atoms with Crippen LogP contribution in [-0.4, -0.2) is 35.5 Å². The van der Waals surface area contributed by atoms with Crippen LogP contribution in [0.3, 0.4) is 0 Å². The van der Waals surface area contributed by atoms with Gasteiger partial charge < -0.3 is 5.32 Å². The summed E-state index contributed by atoms with van der Waals surface area (Å²) in [6, 6.07) is 23.6. The van der Waals surface area contributed by atoms with Crippen molar-refractivity contribution < 1.29 is 21.6 Å². The van der Waals surface area contributed by atoms with E-state index in [2.05, 4.69) is 10.0 Å². The Morgan fingerprint density at radius 3 is 2.16 bits per heavy atom. The summed E-state index contributed by atoms with van der Waals surface area (Å²) in [5, 5.41) is 4.31. The fourth-order valence-corrected chi connectivity index (χ4v) is 5.78. The maximum Gasteiger partial charge on any atom is 0.261 e. The van der Waals surface area contributed by atoms with Crippen molar-refractivity contribution in [3.8, 4) is 0 Å². The minimum absolute atomic E-state index is 0.0197. The smallest absolute Gasteiger partial charge is 0.261 e. The Morgan fingerprint density at radius 1 is 0.811 bits per heavy atom. The number of carbonyl (C=O) groups is 1. The van der Waals surface area contributed by atoms with Gasteiger partial charge in [0.05, 0.1) is 22.5 Å². The summed E-state index contributed by atoms with van der Waals surface area (Å²) in [4.78, 5) is 12.7. The summed E-state index contributed by atoms with van der Waals surface area (Å²) >= 11 is 0. The van der Waals surface area contributed by atoms with Crippen LogP contribution >= 0.6 is 0 Å². The minimum atomic E-state index is -3.88. The number of anilines is 3. The number of carbonyl (C=O) groups excluding carboxylic acids is 1. The maximum absolute atomic E-state index is 13.0. The standard InChI is InChI=1S/C27H27N3O5S2/c1-19-11-14-23(17-20(19)2)30(36(3,32)33)18-27(31)28-22-12-15-24(16-13-22)37(34,35)29-26-10-6-8-21-7-4-5-9-25(21)26/h4-17,29H,18H2,1-3H3,(H,28,31). The summed E-state index contributed by atoms with van der Waals surface area (Å²) in [7, 11) is -7.60. The number of fused-ring (bicyclic) bond motifs is 1. The predicted octanol–water partition coefficient (Wildman–Crippen LogP) is 4.66. The molecule has 0 spiro atoms. The molecule has 37 heavy (non-hydrogen) atoms. The van der Waals surface area contributed by atoms with Gasteiger partial charge in [0.2, 0.25) is 15.9 Å². The van der Waals surface area contributed by atoms with E-state index < -0.39 is 32.5 Å². The molecule has 10 heteroatoms. The molecular formula is C27H27N3O5S2. The van der Waals surface area contributed by atoms with E-state index in [1.165, 1.54) is 24.3 Å². The Labute approximate surface area is 217 Å². The zero-order chi connectivity index (χ0) is 26.8. The molecule has 0 heterocycles. The summed E-state index contributed by atoms with van der Waals surface area (Å²) < 4.78 is 54.3. The maximum atomic E-state index is 13.0. The number of amides is 1. The zero-order valence-electron chi connectivity index (χ0n) is 20.6. The Bertz CT molecular complexity index is 1680. The van der Waals surface area contributed by atoms with Crippen molar-refractivity contribution in [2.24, 2.45) is 0 Å². The Hall–Kier alpha value is -3.89. The molecule has 0 aliphatic heterocycles. The molecule has 0 radical (unpaired) electrons. The SMILES string of the molecule is Cc1ccc(N(CC(=O)Nc2ccc(S(=O)(=O)Nc3cccc4ccccc34)cc2)S(C)(=O)=O)cc1C. The first-order valence-corrected chi connectivity index (χ1v) is 14.7. The quantitative estimate of drug-likeness (QED) is 0.339. The van der Waals surface area contributed by atoms with Crippen molar-refractivity contribution in [2.45, 2.75) is 18.7 Å². The molecule has 8 nitrogen and oxygen atoms in total. The third kappa shape index (κ3) is 6.10. The molecular weight excluding hydrogens is 510 g/mol. The number of rotatable bonds is 8. The fourth-order valence-electron chi connectivity index (χ4n) is 3.85. The second-order valence-corrected chi connectivity index (χ2v) is 12.3. The Morgan fingerprint density at radius 2 is 1.49 bits per heavy atom. The van der Waals surface area contributed by atoms with Crippen molar-refractivity contribution in [1.82, 2.24) is 0 Å². The van der Waals surface area contributed by atoms with Gasteiger partial charge in [-0.15, -0.1) is 0 Å². The highest BCUT2D eigenvalue weighted by molar-refractivity contribution is 7.92. The van der Waals surface area contributed by atoms with Crippen LogP contribution in [0.1, 0.15) is 11.1 Å². The Kier molecular flexibility index (Phi) is 7.24. The molecule has 0 fully saturated rings. The van der Waals surface area contributed by atoms with E-state index in [-0.39, 0.29) is 4.90 Å². The number of hydrogen-bond acceptors (Lipinski definition) is 5. The van der Waals surface area contributed by atoms with Gasteiger partial charge in [-0.1, -0.05) is 42.5 Å². The Balaban J connectivity index is 1.48. The van der Waals surface area contributed by atoms with Crippen LogP contribution in [0.5, 0.6) is 0 Å². The average Bonchev–Trinajstić information content (AvgIpc) is 2.84. The van der Waals surface area contributed by atoms with Gasteiger partial charge in [0.15, 0.2) is 0 Å². The molecule has 1 amide bonds. The van der Waals surface area contributed by atoms with Crippen LogP contribution in [0.25, 0.3) is 10.8 Å². The van der Waals surface area contributed by atoms with Crippen LogP contribution in [0.2, 0.25) is 0 Å². The minimum Gasteiger partial charge on any atom is -0.325 e. The van der Waals surface area contributed by atoms with Crippen LogP contribution in [-0.2, 0) is 24.8 Å². The molecule has 0 aliphatic rings. The van der Waals surface area contributed by atoms with Crippen LogP contribution < -0.4 is 14.3 Å². The molecule has 4 rings (SSSR count). The second kappa shape index (κ2) is 10.2. The number of nitrogens with zero attached hydrogens (tertiary/aromatic N) is 1. The van der Waals surface area contributed by atoms with E-state index in [1.54, 1.807) is 30.3 Å². The van der Waals surface area contributed by atoms with Crippen molar-refractivity contribution in [3.05, 3.63) is 96.1 Å². The van der Waals surface area contributed by atoms with Gasteiger partial charge in [-0.25, -0.2) is 16.8 Å². The van der Waals surface area contributed by atoms with Gasteiger partial charge in [-0.3, -0.25) is 13.8 Å². The molecule has 0 saturated heterocycles. The number of nitrogens with one attached hydrogen (secondary N) is 2. The van der Waals surface area contributed by atoms with E-state index in [1.807, 2.05) is 44.2 Å². The number of sulfonamides is 2. The first kappa shape index (κ1) is 26.2. The third-order valence-electron chi connectivity index (χ3n) is 5.95. The largest absolute Gasteiger partial charge is 0.325 e. The molecule has 0 saturated carbocycles. The normalized spacial score (nSPS) is 11.8. The number of hydrogen-bond donors (Lipinski definition) is 2.